The average molecular weight is 232 g/mol. The van der Waals surface area contributed by atoms with Crippen molar-refractivity contribution in [3.05, 3.63) is 28.8 Å². The van der Waals surface area contributed by atoms with Crippen LogP contribution in [0.25, 0.3) is 0 Å². The molecule has 0 unspecified atom stereocenters. The van der Waals surface area contributed by atoms with Gasteiger partial charge in [-0.05, 0) is 26.8 Å². The number of ether oxygens (including phenoxy) is 1. The molecule has 15 heavy (non-hydrogen) atoms. The van der Waals surface area contributed by atoms with Gasteiger partial charge in [0.2, 0.25) is 5.95 Å². The smallest absolute Gasteiger partial charge is 0.340 e. The van der Waals surface area contributed by atoms with Gasteiger partial charge in [-0.3, -0.25) is 0 Å². The normalized spacial score (nSPS) is 11.3. The van der Waals surface area contributed by atoms with Crippen molar-refractivity contribution in [2.75, 3.05) is 0 Å². The first-order chi connectivity index (χ1) is 6.79. The van der Waals surface area contributed by atoms with Crippen LogP contribution < -0.4 is 0 Å². The Hall–Kier alpha value is -1.16. The van der Waals surface area contributed by atoms with Crippen molar-refractivity contribution in [3.8, 4) is 0 Å². The Morgan fingerprint density at radius 3 is 2.60 bits per heavy atom. The maximum atomic E-state index is 12.7. The van der Waals surface area contributed by atoms with Gasteiger partial charge in [0.25, 0.3) is 0 Å². The molecule has 0 aliphatic rings. The summed E-state index contributed by atoms with van der Waals surface area (Å²) in [6.07, 6.45) is 1.09. The van der Waals surface area contributed by atoms with Gasteiger partial charge in [-0.1, -0.05) is 11.6 Å². The highest BCUT2D eigenvalue weighted by Gasteiger charge is 2.18. The third-order valence-electron chi connectivity index (χ3n) is 1.43. The van der Waals surface area contributed by atoms with Crippen LogP contribution >= 0.6 is 11.6 Å². The van der Waals surface area contributed by atoms with E-state index in [2.05, 4.69) is 4.98 Å². The molecular formula is C10H11ClFNO2. The number of nitrogens with zero attached hydrogens (tertiary/aromatic N) is 1. The van der Waals surface area contributed by atoms with E-state index in [0.717, 1.165) is 6.20 Å². The van der Waals surface area contributed by atoms with Crippen molar-refractivity contribution in [1.29, 1.82) is 0 Å². The predicted octanol–water partition coefficient (Wildman–Crippen LogP) is 2.83. The summed E-state index contributed by atoms with van der Waals surface area (Å²) in [4.78, 5) is 14.8. The number of aromatic nitrogens is 1. The Kier molecular flexibility index (Phi) is 3.29. The van der Waals surface area contributed by atoms with Crippen LogP contribution in [-0.2, 0) is 4.74 Å². The van der Waals surface area contributed by atoms with Gasteiger partial charge in [0, 0.05) is 6.20 Å². The zero-order chi connectivity index (χ0) is 11.6. The van der Waals surface area contributed by atoms with Crippen LogP contribution in [-0.4, -0.2) is 16.6 Å². The zero-order valence-electron chi connectivity index (χ0n) is 8.67. The first-order valence-corrected chi connectivity index (χ1v) is 4.72. The molecule has 0 fully saturated rings. The molecule has 0 spiro atoms. The Labute approximate surface area is 92.2 Å². The molecule has 0 aliphatic carbocycles. The summed E-state index contributed by atoms with van der Waals surface area (Å²) in [5.41, 5.74) is -0.464. The molecule has 0 radical (unpaired) electrons. The number of pyridine rings is 1. The molecule has 82 valence electrons. The summed E-state index contributed by atoms with van der Waals surface area (Å²) in [6.45, 7) is 5.22. The number of carbonyl (C=O) groups is 1. The highest BCUT2D eigenvalue weighted by atomic mass is 35.5. The second kappa shape index (κ2) is 4.14. The Bertz CT molecular complexity index is 387. The van der Waals surface area contributed by atoms with Gasteiger partial charge < -0.3 is 4.74 Å². The minimum absolute atomic E-state index is 0.135. The van der Waals surface area contributed by atoms with Crippen molar-refractivity contribution in [3.63, 3.8) is 0 Å². The number of hydrogen-bond acceptors (Lipinski definition) is 3. The Morgan fingerprint density at radius 2 is 2.13 bits per heavy atom. The predicted molar refractivity (Wildman–Crippen MR) is 54.4 cm³/mol. The van der Waals surface area contributed by atoms with Gasteiger partial charge in [-0.2, -0.15) is 4.39 Å². The van der Waals surface area contributed by atoms with Crippen molar-refractivity contribution >= 4 is 17.6 Å². The van der Waals surface area contributed by atoms with E-state index in [1.807, 2.05) is 0 Å². The molecule has 3 nitrogen and oxygen atoms in total. The summed E-state index contributed by atoms with van der Waals surface area (Å²) in [7, 11) is 0. The fraction of sp³-hybridized carbons (Fsp3) is 0.400. The lowest BCUT2D eigenvalue weighted by Crippen LogP contribution is -2.24. The van der Waals surface area contributed by atoms with Crippen LogP contribution in [0, 0.1) is 5.95 Å². The van der Waals surface area contributed by atoms with Crippen molar-refractivity contribution < 1.29 is 13.9 Å². The highest BCUT2D eigenvalue weighted by Crippen LogP contribution is 2.16. The van der Waals surface area contributed by atoms with E-state index in [1.54, 1.807) is 20.8 Å². The van der Waals surface area contributed by atoms with Gasteiger partial charge in [-0.25, -0.2) is 9.78 Å². The van der Waals surface area contributed by atoms with E-state index in [0.29, 0.717) is 0 Å². The fourth-order valence-corrected chi connectivity index (χ4v) is 1.04. The SMILES string of the molecule is CC(C)(C)OC(=O)c1cnc(F)c(Cl)c1. The Balaban J connectivity index is 2.88. The topological polar surface area (TPSA) is 39.2 Å². The van der Waals surface area contributed by atoms with E-state index in [-0.39, 0.29) is 10.6 Å². The number of carbonyl (C=O) groups excluding carboxylic acids is 1. The summed E-state index contributed by atoms with van der Waals surface area (Å²) >= 11 is 5.48. The molecule has 0 N–H and O–H groups in total. The molecule has 1 aromatic heterocycles. The Morgan fingerprint density at radius 1 is 1.53 bits per heavy atom. The standard InChI is InChI=1S/C10H11ClFNO2/c1-10(2,3)15-9(14)6-4-7(11)8(12)13-5-6/h4-5H,1-3H3. The summed E-state index contributed by atoms with van der Waals surface area (Å²) in [6, 6.07) is 1.19. The number of hydrogen-bond donors (Lipinski definition) is 0. The monoisotopic (exact) mass is 231 g/mol. The minimum atomic E-state index is -0.802. The van der Waals surface area contributed by atoms with Crippen LogP contribution in [0.2, 0.25) is 5.02 Å². The molecule has 0 bridgehead atoms. The fourth-order valence-electron chi connectivity index (χ4n) is 0.870. The molecule has 0 amide bonds. The van der Waals surface area contributed by atoms with E-state index >= 15 is 0 Å². The van der Waals surface area contributed by atoms with Crippen molar-refractivity contribution in [1.82, 2.24) is 4.98 Å². The lowest BCUT2D eigenvalue weighted by Gasteiger charge is -2.19. The van der Waals surface area contributed by atoms with Gasteiger partial charge >= 0.3 is 5.97 Å². The second-order valence-corrected chi connectivity index (χ2v) is 4.41. The van der Waals surface area contributed by atoms with Crippen LogP contribution in [0.15, 0.2) is 12.3 Å². The van der Waals surface area contributed by atoms with E-state index in [9.17, 15) is 9.18 Å². The van der Waals surface area contributed by atoms with E-state index < -0.39 is 17.5 Å². The molecule has 0 saturated heterocycles. The van der Waals surface area contributed by atoms with E-state index in [1.165, 1.54) is 6.07 Å². The van der Waals surface area contributed by atoms with Gasteiger partial charge in [0.05, 0.1) is 10.6 Å². The third-order valence-corrected chi connectivity index (χ3v) is 1.70. The van der Waals surface area contributed by atoms with Crippen LogP contribution in [0.3, 0.4) is 0 Å². The second-order valence-electron chi connectivity index (χ2n) is 4.00. The molecule has 0 aromatic carbocycles. The number of rotatable bonds is 1. The van der Waals surface area contributed by atoms with Gasteiger partial charge in [0.15, 0.2) is 0 Å². The maximum absolute atomic E-state index is 12.7. The lowest BCUT2D eigenvalue weighted by atomic mass is 10.2. The first-order valence-electron chi connectivity index (χ1n) is 4.34. The number of halogens is 2. The van der Waals surface area contributed by atoms with Gasteiger partial charge in [-0.15, -0.1) is 0 Å². The number of esters is 1. The molecule has 5 heteroatoms. The minimum Gasteiger partial charge on any atom is -0.456 e. The molecular weight excluding hydrogens is 221 g/mol. The van der Waals surface area contributed by atoms with Gasteiger partial charge in [0.1, 0.15) is 5.60 Å². The molecule has 1 heterocycles. The van der Waals surface area contributed by atoms with Crippen molar-refractivity contribution in [2.45, 2.75) is 26.4 Å². The van der Waals surface area contributed by atoms with Crippen LogP contribution in [0.1, 0.15) is 31.1 Å². The summed E-state index contributed by atoms with van der Waals surface area (Å²) in [5, 5.41) is -0.196. The molecule has 0 aliphatic heterocycles. The third kappa shape index (κ3) is 3.47. The largest absolute Gasteiger partial charge is 0.456 e. The molecule has 0 atom stereocenters. The zero-order valence-corrected chi connectivity index (χ0v) is 9.43. The highest BCUT2D eigenvalue weighted by molar-refractivity contribution is 6.30. The molecule has 1 aromatic rings. The summed E-state index contributed by atoms with van der Waals surface area (Å²) < 4.78 is 17.8. The van der Waals surface area contributed by atoms with Crippen LogP contribution in [0.5, 0.6) is 0 Å². The maximum Gasteiger partial charge on any atom is 0.340 e. The lowest BCUT2D eigenvalue weighted by molar-refractivity contribution is 0.00690. The first kappa shape index (κ1) is 11.9. The quantitative estimate of drug-likeness (QED) is 0.551. The summed E-state index contributed by atoms with van der Waals surface area (Å²) in [5.74, 6) is -1.37. The van der Waals surface area contributed by atoms with Crippen molar-refractivity contribution in [2.24, 2.45) is 0 Å². The molecule has 1 rings (SSSR count). The van der Waals surface area contributed by atoms with Crippen LogP contribution in [0.4, 0.5) is 4.39 Å². The van der Waals surface area contributed by atoms with E-state index in [4.69, 9.17) is 16.3 Å². The average Bonchev–Trinajstić information content (AvgIpc) is 2.06. The molecule has 0 saturated carbocycles.